The Labute approximate surface area is 95.9 Å². The van der Waals surface area contributed by atoms with Crippen LogP contribution in [0.2, 0.25) is 0 Å². The molecular formula is C11H9F2N3O. The smallest absolute Gasteiger partial charge is 0.167 e. The lowest BCUT2D eigenvalue weighted by molar-refractivity contribution is 0.0971. The van der Waals surface area contributed by atoms with Crippen LogP contribution in [0.25, 0.3) is 0 Å². The molecule has 0 aliphatic rings. The fourth-order valence-electron chi connectivity index (χ4n) is 1.41. The van der Waals surface area contributed by atoms with Crippen LogP contribution in [0.4, 0.5) is 8.78 Å². The maximum absolute atomic E-state index is 13.3. The Hall–Kier alpha value is -2.11. The molecule has 0 radical (unpaired) electrons. The second kappa shape index (κ2) is 4.82. The molecule has 1 heterocycles. The van der Waals surface area contributed by atoms with Crippen LogP contribution in [-0.2, 0) is 6.54 Å². The lowest BCUT2D eigenvalue weighted by Gasteiger charge is -2.02. The van der Waals surface area contributed by atoms with Crippen molar-refractivity contribution in [3.8, 4) is 0 Å². The van der Waals surface area contributed by atoms with Gasteiger partial charge >= 0.3 is 0 Å². The van der Waals surface area contributed by atoms with Gasteiger partial charge in [0, 0.05) is 19.0 Å². The number of Topliss-reactive ketones (excluding diaryl/α,β-unsaturated/α-hetero) is 1. The topological polar surface area (TPSA) is 47.8 Å². The number of nitrogens with zero attached hydrogens (tertiary/aromatic N) is 3. The molecule has 0 atom stereocenters. The molecule has 2 rings (SSSR count). The normalized spacial score (nSPS) is 10.5. The summed E-state index contributed by atoms with van der Waals surface area (Å²) in [6.07, 6.45) is 2.91. The lowest BCUT2D eigenvalue weighted by atomic mass is 10.1. The average molecular weight is 237 g/mol. The highest BCUT2D eigenvalue weighted by molar-refractivity contribution is 5.96. The molecule has 2 aromatic rings. The van der Waals surface area contributed by atoms with E-state index in [1.165, 1.54) is 17.3 Å². The Morgan fingerprint density at radius 3 is 2.82 bits per heavy atom. The second-order valence-electron chi connectivity index (χ2n) is 3.46. The van der Waals surface area contributed by atoms with Crippen molar-refractivity contribution in [3.05, 3.63) is 48.1 Å². The summed E-state index contributed by atoms with van der Waals surface area (Å²) < 4.78 is 27.4. The van der Waals surface area contributed by atoms with Crippen molar-refractivity contribution in [1.29, 1.82) is 0 Å². The highest BCUT2D eigenvalue weighted by atomic mass is 19.1. The summed E-state index contributed by atoms with van der Waals surface area (Å²) in [5, 5.41) is 3.82. The first kappa shape index (κ1) is 11.4. The Balaban J connectivity index is 2.04. The number of benzene rings is 1. The molecule has 6 heteroatoms. The van der Waals surface area contributed by atoms with Gasteiger partial charge in [-0.25, -0.2) is 13.8 Å². The van der Waals surface area contributed by atoms with E-state index in [1.807, 2.05) is 0 Å². The number of carbonyl (C=O) groups is 1. The number of halogens is 2. The SMILES string of the molecule is O=C(CCn1cncn1)c1ccc(F)cc1F. The summed E-state index contributed by atoms with van der Waals surface area (Å²) >= 11 is 0. The second-order valence-corrected chi connectivity index (χ2v) is 3.46. The van der Waals surface area contributed by atoms with E-state index in [4.69, 9.17) is 0 Å². The van der Waals surface area contributed by atoms with Crippen LogP contribution in [0.3, 0.4) is 0 Å². The summed E-state index contributed by atoms with van der Waals surface area (Å²) in [6.45, 7) is 0.315. The summed E-state index contributed by atoms with van der Waals surface area (Å²) in [5.74, 6) is -1.93. The third kappa shape index (κ3) is 2.72. The molecule has 4 nitrogen and oxygen atoms in total. The van der Waals surface area contributed by atoms with Gasteiger partial charge in [0.15, 0.2) is 5.78 Å². The zero-order chi connectivity index (χ0) is 12.3. The molecule has 0 unspecified atom stereocenters. The molecule has 1 aromatic heterocycles. The lowest BCUT2D eigenvalue weighted by Crippen LogP contribution is -2.08. The van der Waals surface area contributed by atoms with Crippen molar-refractivity contribution in [1.82, 2.24) is 14.8 Å². The van der Waals surface area contributed by atoms with Crippen molar-refractivity contribution in [2.45, 2.75) is 13.0 Å². The largest absolute Gasteiger partial charge is 0.294 e. The predicted molar refractivity (Wildman–Crippen MR) is 55.3 cm³/mol. The number of carbonyl (C=O) groups excluding carboxylic acids is 1. The Bertz CT molecular complexity index is 526. The van der Waals surface area contributed by atoms with Gasteiger partial charge in [0.2, 0.25) is 0 Å². The van der Waals surface area contributed by atoms with Crippen molar-refractivity contribution >= 4 is 5.78 Å². The molecule has 0 saturated heterocycles. The zero-order valence-corrected chi connectivity index (χ0v) is 8.81. The van der Waals surface area contributed by atoms with E-state index in [-0.39, 0.29) is 12.0 Å². The van der Waals surface area contributed by atoms with E-state index in [2.05, 4.69) is 10.1 Å². The molecule has 1 aromatic carbocycles. The quantitative estimate of drug-likeness (QED) is 0.762. The summed E-state index contributed by atoms with van der Waals surface area (Å²) in [5.41, 5.74) is -0.105. The van der Waals surface area contributed by atoms with E-state index in [1.54, 1.807) is 0 Å². The van der Waals surface area contributed by atoms with Gasteiger partial charge in [0.25, 0.3) is 0 Å². The fourth-order valence-corrected chi connectivity index (χ4v) is 1.41. The maximum atomic E-state index is 13.3. The van der Waals surface area contributed by atoms with Gasteiger partial charge in [-0.3, -0.25) is 9.48 Å². The summed E-state index contributed by atoms with van der Waals surface area (Å²) in [7, 11) is 0. The van der Waals surface area contributed by atoms with E-state index < -0.39 is 17.4 Å². The van der Waals surface area contributed by atoms with Crippen LogP contribution in [-0.4, -0.2) is 20.5 Å². The molecule has 0 amide bonds. The average Bonchev–Trinajstić information content (AvgIpc) is 2.78. The van der Waals surface area contributed by atoms with Crippen molar-refractivity contribution in [2.75, 3.05) is 0 Å². The van der Waals surface area contributed by atoms with Crippen LogP contribution in [0.5, 0.6) is 0 Å². The molecule has 17 heavy (non-hydrogen) atoms. The van der Waals surface area contributed by atoms with Crippen molar-refractivity contribution in [3.63, 3.8) is 0 Å². The van der Waals surface area contributed by atoms with Gasteiger partial charge in [0.05, 0.1) is 5.56 Å². The van der Waals surface area contributed by atoms with Crippen molar-refractivity contribution in [2.24, 2.45) is 0 Å². The number of aryl methyl sites for hydroxylation is 1. The highest BCUT2D eigenvalue weighted by Gasteiger charge is 2.12. The zero-order valence-electron chi connectivity index (χ0n) is 8.81. The van der Waals surface area contributed by atoms with E-state index in [9.17, 15) is 13.6 Å². The van der Waals surface area contributed by atoms with Gasteiger partial charge in [0.1, 0.15) is 24.3 Å². The number of rotatable bonds is 4. The van der Waals surface area contributed by atoms with E-state index in [0.717, 1.165) is 12.1 Å². The number of hydrogen-bond acceptors (Lipinski definition) is 3. The summed E-state index contributed by atoms with van der Waals surface area (Å²) in [6, 6.07) is 2.91. The Morgan fingerprint density at radius 1 is 1.35 bits per heavy atom. The number of hydrogen-bond donors (Lipinski definition) is 0. The van der Waals surface area contributed by atoms with Gasteiger partial charge in [-0.1, -0.05) is 0 Å². The molecule has 0 fully saturated rings. The molecule has 0 N–H and O–H groups in total. The first-order valence-corrected chi connectivity index (χ1v) is 4.97. The molecule has 0 aliphatic heterocycles. The van der Waals surface area contributed by atoms with Gasteiger partial charge in [-0.05, 0) is 12.1 Å². The molecule has 0 saturated carbocycles. The minimum atomic E-state index is -0.839. The third-order valence-corrected chi connectivity index (χ3v) is 2.27. The van der Waals surface area contributed by atoms with Crippen LogP contribution >= 0.6 is 0 Å². The van der Waals surface area contributed by atoms with E-state index >= 15 is 0 Å². The van der Waals surface area contributed by atoms with Crippen LogP contribution in [0, 0.1) is 11.6 Å². The minimum Gasteiger partial charge on any atom is -0.294 e. The van der Waals surface area contributed by atoms with Gasteiger partial charge in [-0.2, -0.15) is 5.10 Å². The maximum Gasteiger partial charge on any atom is 0.167 e. The molecule has 0 spiro atoms. The minimum absolute atomic E-state index is 0.0892. The standard InChI is InChI=1S/C11H9F2N3O/c12-8-1-2-9(10(13)5-8)11(17)3-4-16-7-14-6-15-16/h1-2,5-7H,3-4H2. The monoisotopic (exact) mass is 237 g/mol. The Kier molecular flexibility index (Phi) is 3.22. The van der Waals surface area contributed by atoms with Crippen molar-refractivity contribution < 1.29 is 13.6 Å². The molecular weight excluding hydrogens is 228 g/mol. The van der Waals surface area contributed by atoms with Crippen LogP contribution in [0.15, 0.2) is 30.9 Å². The van der Waals surface area contributed by atoms with Gasteiger partial charge in [-0.15, -0.1) is 0 Å². The summed E-state index contributed by atoms with van der Waals surface area (Å²) in [4.78, 5) is 15.4. The molecule has 0 aliphatic carbocycles. The van der Waals surface area contributed by atoms with Crippen LogP contribution in [0.1, 0.15) is 16.8 Å². The van der Waals surface area contributed by atoms with E-state index in [0.29, 0.717) is 12.6 Å². The first-order valence-electron chi connectivity index (χ1n) is 4.97. The van der Waals surface area contributed by atoms with Gasteiger partial charge < -0.3 is 0 Å². The fraction of sp³-hybridized carbons (Fsp3) is 0.182. The highest BCUT2D eigenvalue weighted by Crippen LogP contribution is 2.12. The van der Waals surface area contributed by atoms with Crippen LogP contribution < -0.4 is 0 Å². The number of ketones is 1. The predicted octanol–water partition coefficient (Wildman–Crippen LogP) is 1.83. The third-order valence-electron chi connectivity index (χ3n) is 2.27. The molecule has 88 valence electrons. The first-order chi connectivity index (χ1) is 8.16. The Morgan fingerprint density at radius 2 is 2.18 bits per heavy atom. The number of aromatic nitrogens is 3. The molecule has 0 bridgehead atoms.